The largest absolute Gasteiger partial charge is 0.322 e. The minimum absolute atomic E-state index is 0.0373. The normalized spacial score (nSPS) is 13.0. The van der Waals surface area contributed by atoms with Gasteiger partial charge in [0.15, 0.2) is 5.82 Å². The summed E-state index contributed by atoms with van der Waals surface area (Å²) >= 11 is 0. The summed E-state index contributed by atoms with van der Waals surface area (Å²) in [6.07, 6.45) is 2.77. The van der Waals surface area contributed by atoms with Crippen molar-refractivity contribution in [3.8, 4) is 0 Å². The molecule has 4 aromatic rings. The molecule has 0 amide bonds. The Morgan fingerprint density at radius 2 is 1.72 bits per heavy atom. The van der Waals surface area contributed by atoms with E-state index in [0.29, 0.717) is 13.1 Å². The number of hydrogen-bond acceptors (Lipinski definition) is 5. The fraction of sp³-hybridized carbons (Fsp3) is 0.448. The topological polar surface area (TPSA) is 79.7 Å². The van der Waals surface area contributed by atoms with Gasteiger partial charge in [-0.1, -0.05) is 61.7 Å². The lowest BCUT2D eigenvalue weighted by Gasteiger charge is -2.33. The number of aromatic amines is 1. The Bertz CT molecular complexity index is 1370. The van der Waals surface area contributed by atoms with E-state index in [1.54, 1.807) is 0 Å². The zero-order valence-electron chi connectivity index (χ0n) is 22.4. The van der Waals surface area contributed by atoms with Crippen LogP contribution in [0.1, 0.15) is 81.1 Å². The molecule has 4 rings (SSSR count). The summed E-state index contributed by atoms with van der Waals surface area (Å²) in [4.78, 5) is 18.6. The van der Waals surface area contributed by atoms with Gasteiger partial charge in [0, 0.05) is 24.2 Å². The summed E-state index contributed by atoms with van der Waals surface area (Å²) < 4.78 is 1.98. The molecule has 0 saturated carbocycles. The van der Waals surface area contributed by atoms with Crippen molar-refractivity contribution in [1.82, 2.24) is 30.1 Å². The van der Waals surface area contributed by atoms with Crippen LogP contribution in [-0.2, 0) is 18.6 Å². The van der Waals surface area contributed by atoms with Crippen molar-refractivity contribution in [2.24, 2.45) is 0 Å². The Kier molecular flexibility index (Phi) is 7.69. The number of hydrogen-bond donors (Lipinski definition) is 1. The SMILES string of the molecule is CCC[C@@H](c1nnnn1C(C)(C)CC)N(Cc1ccc(C)cc1)Cc1cc2cc(C)ccc2[nH]c1=O. The second-order valence-corrected chi connectivity index (χ2v) is 10.5. The van der Waals surface area contributed by atoms with E-state index in [1.165, 1.54) is 16.7 Å². The fourth-order valence-electron chi connectivity index (χ4n) is 4.64. The summed E-state index contributed by atoms with van der Waals surface area (Å²) in [7, 11) is 0. The Hall–Kier alpha value is -3.32. The molecule has 1 N–H and O–H groups in total. The third-order valence-corrected chi connectivity index (χ3v) is 7.19. The molecule has 2 heterocycles. The van der Waals surface area contributed by atoms with Crippen LogP contribution in [0.4, 0.5) is 0 Å². The molecule has 7 nitrogen and oxygen atoms in total. The number of nitrogens with zero attached hydrogens (tertiary/aromatic N) is 5. The van der Waals surface area contributed by atoms with Crippen molar-refractivity contribution in [3.05, 3.63) is 87.0 Å². The van der Waals surface area contributed by atoms with Crippen LogP contribution in [0.25, 0.3) is 10.9 Å². The Morgan fingerprint density at radius 1 is 1.00 bits per heavy atom. The van der Waals surface area contributed by atoms with Gasteiger partial charge in [-0.25, -0.2) is 4.68 Å². The first-order chi connectivity index (χ1) is 17.2. The average molecular weight is 487 g/mol. The van der Waals surface area contributed by atoms with Crippen molar-refractivity contribution < 1.29 is 0 Å². The van der Waals surface area contributed by atoms with Gasteiger partial charge in [0.1, 0.15) is 0 Å². The number of aryl methyl sites for hydroxylation is 2. The van der Waals surface area contributed by atoms with Crippen molar-refractivity contribution in [1.29, 1.82) is 0 Å². The van der Waals surface area contributed by atoms with Gasteiger partial charge in [0.05, 0.1) is 11.6 Å². The first-order valence-corrected chi connectivity index (χ1v) is 12.9. The van der Waals surface area contributed by atoms with Crippen LogP contribution in [0.2, 0.25) is 0 Å². The van der Waals surface area contributed by atoms with Crippen molar-refractivity contribution >= 4 is 10.9 Å². The molecule has 2 aromatic carbocycles. The number of rotatable bonds is 10. The Morgan fingerprint density at radius 3 is 2.42 bits per heavy atom. The lowest BCUT2D eigenvalue weighted by atomic mass is 10.00. The molecule has 36 heavy (non-hydrogen) atoms. The summed E-state index contributed by atoms with van der Waals surface area (Å²) in [5.41, 5.74) is 4.94. The van der Waals surface area contributed by atoms with Crippen LogP contribution >= 0.6 is 0 Å². The summed E-state index contributed by atoms with van der Waals surface area (Å²) in [6.45, 7) is 14.0. The highest BCUT2D eigenvalue weighted by Crippen LogP contribution is 2.31. The number of tetrazole rings is 1. The van der Waals surface area contributed by atoms with E-state index in [1.807, 2.05) is 22.9 Å². The fourth-order valence-corrected chi connectivity index (χ4v) is 4.64. The molecule has 0 aliphatic heterocycles. The second kappa shape index (κ2) is 10.7. The number of nitrogens with one attached hydrogen (secondary N) is 1. The standard InChI is InChI=1S/C29H38N6O/c1-7-9-26(27-31-32-33-35(27)29(5,6)8-2)34(18-22-13-10-20(3)11-14-22)19-24-17-23-16-21(4)12-15-25(23)30-28(24)36/h10-17,26H,7-9,18-19H2,1-6H3,(H,30,36)/t26-/m0/s1. The molecular formula is C29H38N6O. The molecule has 1 atom stereocenters. The summed E-state index contributed by atoms with van der Waals surface area (Å²) in [5, 5.41) is 14.1. The van der Waals surface area contributed by atoms with E-state index >= 15 is 0 Å². The number of fused-ring (bicyclic) bond motifs is 1. The quantitative estimate of drug-likeness (QED) is 0.305. The van der Waals surface area contributed by atoms with Gasteiger partial charge in [-0.2, -0.15) is 0 Å². The molecule has 0 bridgehead atoms. The van der Waals surface area contributed by atoms with E-state index in [4.69, 9.17) is 0 Å². The van der Waals surface area contributed by atoms with Crippen molar-refractivity contribution in [2.45, 2.75) is 85.5 Å². The highest BCUT2D eigenvalue weighted by Gasteiger charge is 2.31. The van der Waals surface area contributed by atoms with E-state index in [0.717, 1.165) is 41.6 Å². The van der Waals surface area contributed by atoms with Gasteiger partial charge in [-0.05, 0) is 80.1 Å². The average Bonchev–Trinajstić information content (AvgIpc) is 3.35. The van der Waals surface area contributed by atoms with Gasteiger partial charge in [-0.3, -0.25) is 9.69 Å². The van der Waals surface area contributed by atoms with E-state index in [-0.39, 0.29) is 17.1 Å². The highest BCUT2D eigenvalue weighted by molar-refractivity contribution is 5.79. The van der Waals surface area contributed by atoms with Gasteiger partial charge in [-0.15, -0.1) is 5.10 Å². The molecule has 0 unspecified atom stereocenters. The molecule has 190 valence electrons. The summed E-state index contributed by atoms with van der Waals surface area (Å²) in [6, 6.07) is 16.7. The molecule has 0 fully saturated rings. The minimum atomic E-state index is -0.210. The van der Waals surface area contributed by atoms with E-state index < -0.39 is 0 Å². The van der Waals surface area contributed by atoms with Gasteiger partial charge in [0.25, 0.3) is 5.56 Å². The lowest BCUT2D eigenvalue weighted by Crippen LogP contribution is -2.36. The molecule has 0 aliphatic rings. The number of pyridine rings is 1. The van der Waals surface area contributed by atoms with Crippen LogP contribution in [0.3, 0.4) is 0 Å². The van der Waals surface area contributed by atoms with Crippen molar-refractivity contribution in [3.63, 3.8) is 0 Å². The predicted molar refractivity (Wildman–Crippen MR) is 145 cm³/mol. The zero-order chi connectivity index (χ0) is 25.9. The van der Waals surface area contributed by atoms with E-state index in [2.05, 4.69) is 97.3 Å². The Labute approximate surface area is 213 Å². The van der Waals surface area contributed by atoms with Gasteiger partial charge in [0.2, 0.25) is 0 Å². The summed E-state index contributed by atoms with van der Waals surface area (Å²) in [5.74, 6) is 0.851. The third-order valence-electron chi connectivity index (χ3n) is 7.19. The maximum atomic E-state index is 13.2. The number of H-pyrrole nitrogens is 1. The zero-order valence-corrected chi connectivity index (χ0v) is 22.4. The predicted octanol–water partition coefficient (Wildman–Crippen LogP) is 5.82. The molecule has 7 heteroatoms. The first kappa shape index (κ1) is 25.8. The molecule has 2 aromatic heterocycles. The monoisotopic (exact) mass is 486 g/mol. The van der Waals surface area contributed by atoms with Crippen LogP contribution in [0.15, 0.2) is 53.3 Å². The molecule has 0 saturated heterocycles. The van der Waals surface area contributed by atoms with Crippen LogP contribution < -0.4 is 5.56 Å². The van der Waals surface area contributed by atoms with Crippen molar-refractivity contribution in [2.75, 3.05) is 0 Å². The lowest BCUT2D eigenvalue weighted by molar-refractivity contribution is 0.145. The van der Waals surface area contributed by atoms with Gasteiger partial charge >= 0.3 is 0 Å². The molecular weight excluding hydrogens is 448 g/mol. The van der Waals surface area contributed by atoms with Crippen LogP contribution in [0.5, 0.6) is 0 Å². The maximum absolute atomic E-state index is 13.2. The van der Waals surface area contributed by atoms with Crippen LogP contribution in [-0.4, -0.2) is 30.1 Å². The second-order valence-electron chi connectivity index (χ2n) is 10.5. The molecule has 0 aliphatic carbocycles. The number of aromatic nitrogens is 5. The van der Waals surface area contributed by atoms with Gasteiger partial charge < -0.3 is 4.98 Å². The third kappa shape index (κ3) is 5.57. The first-order valence-electron chi connectivity index (χ1n) is 12.9. The van der Waals surface area contributed by atoms with E-state index in [9.17, 15) is 4.79 Å². The smallest absolute Gasteiger partial charge is 0.252 e. The Balaban J connectivity index is 1.80. The number of benzene rings is 2. The minimum Gasteiger partial charge on any atom is -0.322 e. The molecule has 0 radical (unpaired) electrons. The molecule has 0 spiro atoms. The highest BCUT2D eigenvalue weighted by atomic mass is 16.1. The maximum Gasteiger partial charge on any atom is 0.252 e. The van der Waals surface area contributed by atoms with Crippen LogP contribution in [0, 0.1) is 13.8 Å².